The fourth-order valence-corrected chi connectivity index (χ4v) is 4.53. The highest BCUT2D eigenvalue weighted by Gasteiger charge is 2.23. The summed E-state index contributed by atoms with van der Waals surface area (Å²) < 4.78 is 4.45. The van der Waals surface area contributed by atoms with Gasteiger partial charge in [-0.05, 0) is 60.0 Å². The molecule has 0 aliphatic heterocycles. The number of fused-ring (bicyclic) bond motifs is 1. The molecule has 0 spiro atoms. The first-order valence-corrected chi connectivity index (χ1v) is 10.1. The van der Waals surface area contributed by atoms with Crippen molar-refractivity contribution in [2.75, 3.05) is 0 Å². The van der Waals surface area contributed by atoms with Gasteiger partial charge in [0.25, 0.3) is 5.15 Å². The minimum Gasteiger partial charge on any atom is -0.342 e. The van der Waals surface area contributed by atoms with Crippen LogP contribution in [-0.4, -0.2) is 4.57 Å². The summed E-state index contributed by atoms with van der Waals surface area (Å²) >= 11 is 6.69. The van der Waals surface area contributed by atoms with Gasteiger partial charge in [-0.15, -0.1) is 0 Å². The van der Waals surface area contributed by atoms with Crippen LogP contribution in [0.15, 0.2) is 42.6 Å². The maximum absolute atomic E-state index is 9.04. The summed E-state index contributed by atoms with van der Waals surface area (Å²) in [7, 11) is 2.02. The van der Waals surface area contributed by atoms with Crippen LogP contribution in [0.3, 0.4) is 0 Å². The Hall–Kier alpha value is -2.31. The average molecular weight is 379 g/mol. The standard InChI is InChI=1S/C23H25ClN3/c1-16-3-5-18(6-4-16)15-27-12-11-21-22(27)13-20(23(24)26(21)2)19-9-7-17(14-25)8-10-19/h7-13,16,18H,3-6,15H2,1-2H3/q+1. The Morgan fingerprint density at radius 2 is 1.85 bits per heavy atom. The molecule has 138 valence electrons. The SMILES string of the molecule is CC1CCC(Cn2ccc3c2cc(-c2ccc(C#N)cc2)c(Cl)[n+]3C)CC1. The van der Waals surface area contributed by atoms with E-state index in [0.717, 1.165) is 40.2 Å². The zero-order chi connectivity index (χ0) is 19.0. The highest BCUT2D eigenvalue weighted by molar-refractivity contribution is 6.31. The molecule has 0 unspecified atom stereocenters. The molecule has 0 bridgehead atoms. The first kappa shape index (κ1) is 18.1. The number of halogens is 1. The third-order valence-electron chi connectivity index (χ3n) is 6.06. The molecule has 3 aromatic rings. The molecular weight excluding hydrogens is 354 g/mol. The molecular formula is C23H25ClN3+. The van der Waals surface area contributed by atoms with E-state index < -0.39 is 0 Å². The zero-order valence-corrected chi connectivity index (χ0v) is 16.7. The van der Waals surface area contributed by atoms with Gasteiger partial charge in [-0.2, -0.15) is 9.83 Å². The van der Waals surface area contributed by atoms with Crippen molar-refractivity contribution >= 4 is 22.6 Å². The van der Waals surface area contributed by atoms with Crippen molar-refractivity contribution in [3.8, 4) is 17.2 Å². The van der Waals surface area contributed by atoms with Crippen molar-refractivity contribution < 1.29 is 4.57 Å². The highest BCUT2D eigenvalue weighted by Crippen LogP contribution is 2.32. The predicted octanol–water partition coefficient (Wildman–Crippen LogP) is 5.48. The first-order valence-electron chi connectivity index (χ1n) is 9.74. The van der Waals surface area contributed by atoms with Crippen LogP contribution in [0.2, 0.25) is 5.15 Å². The van der Waals surface area contributed by atoms with Crippen LogP contribution in [0, 0.1) is 23.2 Å². The van der Waals surface area contributed by atoms with Crippen LogP contribution < -0.4 is 4.57 Å². The molecule has 1 aliphatic carbocycles. The van der Waals surface area contributed by atoms with E-state index in [9.17, 15) is 0 Å². The second-order valence-electron chi connectivity index (χ2n) is 7.96. The lowest BCUT2D eigenvalue weighted by Crippen LogP contribution is -2.31. The van der Waals surface area contributed by atoms with Gasteiger partial charge in [-0.3, -0.25) is 0 Å². The Bertz CT molecular complexity index is 1000. The van der Waals surface area contributed by atoms with Crippen LogP contribution >= 0.6 is 11.6 Å². The lowest BCUT2D eigenvalue weighted by Gasteiger charge is -2.26. The van der Waals surface area contributed by atoms with Crippen molar-refractivity contribution in [3.63, 3.8) is 0 Å². The number of hydrogen-bond acceptors (Lipinski definition) is 1. The van der Waals surface area contributed by atoms with E-state index >= 15 is 0 Å². The molecule has 0 atom stereocenters. The topological polar surface area (TPSA) is 32.6 Å². The van der Waals surface area contributed by atoms with E-state index in [1.807, 2.05) is 31.3 Å². The molecule has 4 rings (SSSR count). The summed E-state index contributed by atoms with van der Waals surface area (Å²) in [6, 6.07) is 14.2. The minimum atomic E-state index is 0.662. The number of pyridine rings is 1. The molecule has 4 heteroatoms. The molecule has 27 heavy (non-hydrogen) atoms. The van der Waals surface area contributed by atoms with Gasteiger partial charge in [-0.25, -0.2) is 0 Å². The number of aryl methyl sites for hydroxylation is 1. The molecule has 2 heterocycles. The molecule has 0 saturated heterocycles. The van der Waals surface area contributed by atoms with E-state index in [4.69, 9.17) is 16.9 Å². The van der Waals surface area contributed by atoms with Crippen LogP contribution in [0.5, 0.6) is 0 Å². The van der Waals surface area contributed by atoms with Crippen molar-refractivity contribution in [2.24, 2.45) is 18.9 Å². The maximum Gasteiger partial charge on any atom is 0.283 e. The molecule has 0 N–H and O–H groups in total. The summed E-state index contributed by atoms with van der Waals surface area (Å²) in [4.78, 5) is 0. The summed E-state index contributed by atoms with van der Waals surface area (Å²) in [6.07, 6.45) is 7.54. The lowest BCUT2D eigenvalue weighted by molar-refractivity contribution is -0.642. The molecule has 0 amide bonds. The minimum absolute atomic E-state index is 0.662. The largest absolute Gasteiger partial charge is 0.342 e. The van der Waals surface area contributed by atoms with Crippen LogP contribution in [0.1, 0.15) is 38.2 Å². The van der Waals surface area contributed by atoms with Crippen molar-refractivity contribution in [2.45, 2.75) is 39.2 Å². The molecule has 0 radical (unpaired) electrons. The van der Waals surface area contributed by atoms with Crippen LogP contribution in [-0.2, 0) is 13.6 Å². The third kappa shape index (κ3) is 3.47. The number of nitrogens with zero attached hydrogens (tertiary/aromatic N) is 3. The second-order valence-corrected chi connectivity index (χ2v) is 8.32. The molecule has 1 fully saturated rings. The van der Waals surface area contributed by atoms with Gasteiger partial charge in [0.15, 0.2) is 0 Å². The van der Waals surface area contributed by atoms with Gasteiger partial charge in [0.1, 0.15) is 12.6 Å². The first-order chi connectivity index (χ1) is 13.1. The number of aromatic nitrogens is 2. The summed E-state index contributed by atoms with van der Waals surface area (Å²) in [5.74, 6) is 1.64. The molecule has 1 aromatic carbocycles. The van der Waals surface area contributed by atoms with Gasteiger partial charge in [0.05, 0.1) is 17.2 Å². The van der Waals surface area contributed by atoms with Gasteiger partial charge in [0, 0.05) is 18.8 Å². The lowest BCUT2D eigenvalue weighted by atomic mass is 9.83. The third-order valence-corrected chi connectivity index (χ3v) is 6.52. The Morgan fingerprint density at radius 1 is 1.15 bits per heavy atom. The van der Waals surface area contributed by atoms with Gasteiger partial charge in [0.2, 0.25) is 5.52 Å². The molecule has 2 aromatic heterocycles. The number of rotatable bonds is 3. The second kappa shape index (κ2) is 7.37. The van der Waals surface area contributed by atoms with Crippen molar-refractivity contribution in [1.29, 1.82) is 5.26 Å². The number of nitriles is 1. The van der Waals surface area contributed by atoms with E-state index in [1.54, 1.807) is 0 Å². The Balaban J connectivity index is 1.73. The van der Waals surface area contributed by atoms with Crippen molar-refractivity contribution in [3.05, 3.63) is 53.3 Å². The monoisotopic (exact) mass is 378 g/mol. The molecule has 1 aliphatic rings. The molecule has 1 saturated carbocycles. The van der Waals surface area contributed by atoms with E-state index in [0.29, 0.717) is 5.56 Å². The van der Waals surface area contributed by atoms with Gasteiger partial charge < -0.3 is 4.57 Å². The predicted molar refractivity (Wildman–Crippen MR) is 109 cm³/mol. The normalized spacial score (nSPS) is 19.9. The quantitative estimate of drug-likeness (QED) is 0.438. The van der Waals surface area contributed by atoms with Gasteiger partial charge in [-0.1, -0.05) is 31.9 Å². The van der Waals surface area contributed by atoms with Crippen LogP contribution in [0.25, 0.3) is 22.2 Å². The van der Waals surface area contributed by atoms with Gasteiger partial charge >= 0.3 is 0 Å². The zero-order valence-electron chi connectivity index (χ0n) is 16.0. The Labute approximate surface area is 165 Å². The van der Waals surface area contributed by atoms with E-state index in [-0.39, 0.29) is 0 Å². The molecule has 3 nitrogen and oxygen atoms in total. The Morgan fingerprint density at radius 3 is 2.52 bits per heavy atom. The summed E-state index contributed by atoms with van der Waals surface area (Å²) in [5, 5.41) is 9.76. The summed E-state index contributed by atoms with van der Waals surface area (Å²) in [5.41, 5.74) is 5.08. The van der Waals surface area contributed by atoms with E-state index in [1.165, 1.54) is 31.2 Å². The van der Waals surface area contributed by atoms with Crippen molar-refractivity contribution in [1.82, 2.24) is 4.57 Å². The summed E-state index contributed by atoms with van der Waals surface area (Å²) in [6.45, 7) is 3.44. The smallest absolute Gasteiger partial charge is 0.283 e. The number of hydrogen-bond donors (Lipinski definition) is 0. The highest BCUT2D eigenvalue weighted by atomic mass is 35.5. The number of benzene rings is 1. The Kier molecular flexibility index (Phi) is 4.93. The maximum atomic E-state index is 9.04. The fourth-order valence-electron chi connectivity index (χ4n) is 4.27. The van der Waals surface area contributed by atoms with E-state index in [2.05, 4.69) is 40.5 Å². The average Bonchev–Trinajstić information content (AvgIpc) is 3.09. The fraction of sp³-hybridized carbons (Fsp3) is 0.391. The van der Waals surface area contributed by atoms with Crippen LogP contribution in [0.4, 0.5) is 0 Å².